The molecule has 3 aromatic rings. The van der Waals surface area contributed by atoms with Crippen LogP contribution in [0.1, 0.15) is 97.1 Å². The number of nitrogens with one attached hydrogen (secondary N) is 6. The first-order valence-electron chi connectivity index (χ1n) is 25.8. The zero-order valence-electron chi connectivity index (χ0n) is 44.2. The normalized spacial score (nSPS) is 15.1. The molecule has 1 aliphatic heterocycles. The summed E-state index contributed by atoms with van der Waals surface area (Å²) in [7, 11) is 0. The third kappa shape index (κ3) is 20.8. The number of aromatic carboxylic acids is 1. The molecule has 426 valence electrons. The number of nitrogens with zero attached hydrogens (tertiary/aromatic N) is 3. The number of carboxylic acids is 1. The Hall–Kier alpha value is -9.10. The van der Waals surface area contributed by atoms with Crippen molar-refractivity contribution in [3.63, 3.8) is 0 Å². The van der Waals surface area contributed by atoms with Crippen LogP contribution in [0.2, 0.25) is 0 Å². The number of rotatable bonds is 31. The number of carbonyl (C=O) groups excluding carboxylic acids is 9. The van der Waals surface area contributed by atoms with Crippen LogP contribution in [0.15, 0.2) is 94.9 Å². The van der Waals surface area contributed by atoms with Gasteiger partial charge in [0.1, 0.15) is 42.3 Å². The van der Waals surface area contributed by atoms with E-state index in [0.717, 1.165) is 0 Å². The highest BCUT2D eigenvalue weighted by atomic mass is 16.4. The van der Waals surface area contributed by atoms with Gasteiger partial charge in [-0.1, -0.05) is 86.6 Å². The predicted molar refractivity (Wildman–Crippen MR) is 292 cm³/mol. The number of hydrogen-bond acceptors (Lipinski definition) is 12. The summed E-state index contributed by atoms with van der Waals surface area (Å²) in [4.78, 5) is 145. The van der Waals surface area contributed by atoms with E-state index in [1.54, 1.807) is 60.7 Å². The Balaban J connectivity index is 1.64. The van der Waals surface area contributed by atoms with Crippen LogP contribution in [-0.4, -0.2) is 143 Å². The largest absolute Gasteiger partial charge is 0.478 e. The monoisotopic (exact) mass is 1100 g/mol. The fourth-order valence-corrected chi connectivity index (χ4v) is 8.74. The van der Waals surface area contributed by atoms with E-state index in [1.807, 2.05) is 13.8 Å². The molecule has 0 spiro atoms. The van der Waals surface area contributed by atoms with E-state index in [4.69, 9.17) is 34.4 Å². The van der Waals surface area contributed by atoms with Crippen molar-refractivity contribution in [2.24, 2.45) is 50.3 Å². The molecule has 26 nitrogen and oxygen atoms in total. The van der Waals surface area contributed by atoms with E-state index in [1.165, 1.54) is 29.2 Å². The Morgan fingerprint density at radius 2 is 1.03 bits per heavy atom. The molecular weight excluding hydrogens is 1020 g/mol. The highest BCUT2D eigenvalue weighted by Crippen LogP contribution is 2.21. The number of carbonyl (C=O) groups is 10. The molecule has 1 fully saturated rings. The van der Waals surface area contributed by atoms with Crippen LogP contribution in [0.4, 0.5) is 0 Å². The molecule has 1 saturated heterocycles. The van der Waals surface area contributed by atoms with Crippen molar-refractivity contribution in [3.8, 4) is 0 Å². The topological polar surface area (TPSA) is 447 Å². The highest BCUT2D eigenvalue weighted by molar-refractivity contribution is 6.06. The van der Waals surface area contributed by atoms with E-state index < -0.39 is 108 Å². The average Bonchev–Trinajstić information content (AvgIpc) is 3.92. The smallest absolute Gasteiger partial charge is 0.336 e. The lowest BCUT2D eigenvalue weighted by molar-refractivity contribution is -0.142. The first-order chi connectivity index (χ1) is 37.5. The third-order valence-corrected chi connectivity index (χ3v) is 12.6. The van der Waals surface area contributed by atoms with Crippen molar-refractivity contribution in [2.45, 2.75) is 120 Å². The first kappa shape index (κ1) is 62.4. The Kier molecular flexibility index (Phi) is 24.7. The van der Waals surface area contributed by atoms with Crippen molar-refractivity contribution in [2.75, 3.05) is 19.6 Å². The van der Waals surface area contributed by atoms with Crippen LogP contribution >= 0.6 is 0 Å². The van der Waals surface area contributed by atoms with Crippen molar-refractivity contribution < 1.29 is 53.1 Å². The molecular formula is C53H73N15O11. The molecule has 0 radical (unpaired) electrons. The molecule has 79 heavy (non-hydrogen) atoms. The van der Waals surface area contributed by atoms with Gasteiger partial charge in [0.25, 0.3) is 5.91 Å². The number of amides is 9. The molecule has 3 aromatic carbocycles. The van der Waals surface area contributed by atoms with E-state index in [2.05, 4.69) is 41.9 Å². The van der Waals surface area contributed by atoms with Crippen LogP contribution in [0.25, 0.3) is 0 Å². The van der Waals surface area contributed by atoms with Gasteiger partial charge in [0.15, 0.2) is 11.9 Å². The van der Waals surface area contributed by atoms with Crippen LogP contribution in [0.3, 0.4) is 0 Å². The van der Waals surface area contributed by atoms with Crippen LogP contribution in [0.5, 0.6) is 0 Å². The molecule has 7 atom stereocenters. The lowest BCUT2D eigenvalue weighted by atomic mass is 9.99. The maximum absolute atomic E-state index is 14.7. The molecule has 4 rings (SSSR count). The number of likely N-dealkylation sites (tertiary alicyclic amines) is 1. The Labute approximate surface area is 457 Å². The minimum atomic E-state index is -1.50. The second kappa shape index (κ2) is 31.2. The molecule has 9 amide bonds. The number of benzene rings is 3. The Bertz CT molecular complexity index is 2680. The summed E-state index contributed by atoms with van der Waals surface area (Å²) in [5.74, 6) is -9.52. The van der Waals surface area contributed by atoms with Gasteiger partial charge in [-0.2, -0.15) is 0 Å². The first-order valence-corrected chi connectivity index (χ1v) is 25.8. The molecule has 19 N–H and O–H groups in total. The number of aliphatic imine (C=N–C) groups is 2. The number of guanidine groups is 2. The van der Waals surface area contributed by atoms with Crippen molar-refractivity contribution in [1.82, 2.24) is 36.8 Å². The van der Waals surface area contributed by atoms with Crippen LogP contribution in [-0.2, 0) is 51.2 Å². The molecule has 0 aliphatic carbocycles. The van der Waals surface area contributed by atoms with Gasteiger partial charge in [-0.15, -0.1) is 0 Å². The highest BCUT2D eigenvalue weighted by Gasteiger charge is 2.40. The van der Waals surface area contributed by atoms with Gasteiger partial charge in [0, 0.05) is 32.5 Å². The number of nitrogens with two attached hydrogens (primary N) is 6. The summed E-state index contributed by atoms with van der Waals surface area (Å²) < 4.78 is 0. The van der Waals surface area contributed by atoms with Crippen LogP contribution < -0.4 is 66.3 Å². The Morgan fingerprint density at radius 1 is 0.570 bits per heavy atom. The number of carboxylic acid groups (broad SMARTS) is 1. The summed E-state index contributed by atoms with van der Waals surface area (Å²) in [5.41, 5.74) is 33.5. The minimum Gasteiger partial charge on any atom is -0.478 e. The maximum atomic E-state index is 14.7. The minimum absolute atomic E-state index is 0.0448. The second-order valence-corrected chi connectivity index (χ2v) is 19.4. The van der Waals surface area contributed by atoms with E-state index in [-0.39, 0.29) is 100.0 Å². The fraction of sp³-hybridized carbons (Fsp3) is 0.434. The lowest BCUT2D eigenvalue weighted by Gasteiger charge is -2.31. The predicted octanol–water partition coefficient (Wildman–Crippen LogP) is -2.10. The summed E-state index contributed by atoms with van der Waals surface area (Å²) in [6, 6.07) is 13.6. The average molecular weight is 1100 g/mol. The van der Waals surface area contributed by atoms with Gasteiger partial charge < -0.3 is 76.3 Å². The molecule has 0 unspecified atom stereocenters. The van der Waals surface area contributed by atoms with Gasteiger partial charge in [0.2, 0.25) is 47.3 Å². The molecule has 0 saturated carbocycles. The summed E-state index contributed by atoms with van der Waals surface area (Å²) >= 11 is 0. The van der Waals surface area contributed by atoms with Gasteiger partial charge in [0.05, 0.1) is 17.5 Å². The second-order valence-electron chi connectivity index (χ2n) is 19.4. The quantitative estimate of drug-likeness (QED) is 0.0186. The molecule has 1 heterocycles. The van der Waals surface area contributed by atoms with Crippen molar-refractivity contribution >= 4 is 71.1 Å². The molecule has 0 aromatic heterocycles. The zero-order valence-corrected chi connectivity index (χ0v) is 44.2. The van der Waals surface area contributed by atoms with E-state index in [9.17, 15) is 53.1 Å². The standard InChI is InChI=1S/C53H73N15O11/c1-30(2)26-38(66-48(75)39(27-31-14-5-3-6-15-31)65-44(71)33-18-9-10-19-34(33)51(78)79)46(73)67-40(28-32-16-7-4-8-17-32)47(74)63-36(21-12-24-61-53(58)59)50(77)68-25-13-22-41(68)49(76)62-35(20-11-23-60-52(56)57)45(72)64-37(43(55)70)29-42(54)69/h3-10,14-19,30,35-41H,11-13,20-29H2,1-2H3,(H2,54,69)(H2,55,70)(H,62,76)(H,63,74)(H,64,72)(H,65,71)(H,66,75)(H,67,73)(H,78,79)(H4,56,57,60)(H4,58,59,61)/t35-,36-,37-,38-,39-,40-,41-/m0/s1. The van der Waals surface area contributed by atoms with Crippen molar-refractivity contribution in [3.05, 3.63) is 107 Å². The summed E-state index contributed by atoms with van der Waals surface area (Å²) in [6.45, 7) is 3.78. The third-order valence-electron chi connectivity index (χ3n) is 12.6. The summed E-state index contributed by atoms with van der Waals surface area (Å²) in [5, 5.41) is 25.8. The van der Waals surface area contributed by atoms with E-state index in [0.29, 0.717) is 17.5 Å². The zero-order chi connectivity index (χ0) is 58.2. The van der Waals surface area contributed by atoms with E-state index >= 15 is 0 Å². The SMILES string of the molecule is CC(C)C[C@H](NC(=O)[C@H](Cc1ccccc1)NC(=O)c1ccccc1C(=O)O)C(=O)N[C@@H](Cc1ccccc1)C(=O)N[C@@H](CCCN=C(N)N)C(=O)N1CCC[C@H]1C(=O)N[C@@H](CCCN=C(N)N)C(=O)N[C@@H](CC(N)=O)C(N)=O. The fourth-order valence-electron chi connectivity index (χ4n) is 8.74. The molecule has 26 heteroatoms. The van der Waals surface area contributed by atoms with Gasteiger partial charge in [-0.25, -0.2) is 4.79 Å². The summed E-state index contributed by atoms with van der Waals surface area (Å²) in [6.07, 6.45) is -0.0224. The number of primary amides is 2. The van der Waals surface area contributed by atoms with Gasteiger partial charge in [-0.3, -0.25) is 53.1 Å². The molecule has 0 bridgehead atoms. The number of hydrogen-bond donors (Lipinski definition) is 13. The van der Waals surface area contributed by atoms with Crippen LogP contribution in [0, 0.1) is 5.92 Å². The van der Waals surface area contributed by atoms with Gasteiger partial charge in [-0.05, 0) is 74.1 Å². The molecule has 1 aliphatic rings. The van der Waals surface area contributed by atoms with Gasteiger partial charge >= 0.3 is 5.97 Å². The van der Waals surface area contributed by atoms with Crippen molar-refractivity contribution in [1.29, 1.82) is 0 Å². The maximum Gasteiger partial charge on any atom is 0.336 e. The Morgan fingerprint density at radius 3 is 1.53 bits per heavy atom. The lowest BCUT2D eigenvalue weighted by Crippen LogP contribution is -2.60.